The molecule has 0 aliphatic rings. The average Bonchev–Trinajstić information content (AvgIpc) is 2.45. The lowest BCUT2D eigenvalue weighted by molar-refractivity contribution is 0.424. The Morgan fingerprint density at radius 3 is 2.64 bits per heavy atom. The van der Waals surface area contributed by atoms with Crippen LogP contribution in [0.15, 0.2) is 33.8 Å². The minimum absolute atomic E-state index is 0.207. The molecule has 1 aromatic heterocycles. The third kappa shape index (κ3) is 1.49. The van der Waals surface area contributed by atoms with Crippen LogP contribution < -0.4 is 0 Å². The molecule has 0 saturated heterocycles. The van der Waals surface area contributed by atoms with Gasteiger partial charge in [-0.25, -0.2) is 4.39 Å². The molecule has 0 saturated carbocycles. The molecule has 0 radical (unpaired) electrons. The molecule has 0 atom stereocenters. The van der Waals surface area contributed by atoms with Gasteiger partial charge in [0.25, 0.3) is 0 Å². The summed E-state index contributed by atoms with van der Waals surface area (Å²) in [5.41, 5.74) is 0.207. The zero-order chi connectivity index (χ0) is 10.3. The summed E-state index contributed by atoms with van der Waals surface area (Å²) < 4.78 is 47.4. The van der Waals surface area contributed by atoms with Crippen LogP contribution in [0.25, 0.3) is 11.0 Å². The first-order valence-corrected chi connectivity index (χ1v) is 5.07. The van der Waals surface area contributed by atoms with Gasteiger partial charge in [0.05, 0.1) is 0 Å². The minimum Gasteiger partial charge on any atom is -0.442 e. The van der Waals surface area contributed by atoms with Crippen molar-refractivity contribution >= 4 is 21.1 Å². The third-order valence-corrected chi connectivity index (χ3v) is 2.42. The smallest absolute Gasteiger partial charge is 0.328 e. The number of halogens is 1. The summed E-state index contributed by atoms with van der Waals surface area (Å²) >= 11 is 0. The summed E-state index contributed by atoms with van der Waals surface area (Å²) in [6.45, 7) is 0. The molecule has 0 unspecified atom stereocenters. The predicted molar refractivity (Wildman–Crippen MR) is 46.0 cm³/mol. The Hall–Kier alpha value is -1.40. The zero-order valence-electron chi connectivity index (χ0n) is 6.77. The van der Waals surface area contributed by atoms with Crippen LogP contribution in [0.2, 0.25) is 0 Å². The standard InChI is InChI=1S/C8H5FO4S/c9-6-1-2-7-5(3-6)4-8(13-7)14(10,11)12/h1-4H,(H,10,11,12). The van der Waals surface area contributed by atoms with Crippen LogP contribution in [0.5, 0.6) is 0 Å². The topological polar surface area (TPSA) is 67.5 Å². The van der Waals surface area contributed by atoms with Crippen molar-refractivity contribution < 1.29 is 21.8 Å². The maximum absolute atomic E-state index is 12.7. The van der Waals surface area contributed by atoms with Crippen molar-refractivity contribution in [1.29, 1.82) is 0 Å². The number of hydrogen-bond donors (Lipinski definition) is 1. The molecule has 74 valence electrons. The highest BCUT2D eigenvalue weighted by Gasteiger charge is 2.15. The van der Waals surface area contributed by atoms with Crippen LogP contribution in [0.1, 0.15) is 0 Å². The summed E-state index contributed by atoms with van der Waals surface area (Å²) in [4.78, 5) is 0. The SMILES string of the molecule is O=S(=O)(O)c1cc2cc(F)ccc2o1. The molecular weight excluding hydrogens is 211 g/mol. The summed E-state index contributed by atoms with van der Waals surface area (Å²) in [6, 6.07) is 4.61. The Balaban J connectivity index is 2.75. The molecule has 14 heavy (non-hydrogen) atoms. The Kier molecular flexibility index (Phi) is 1.83. The van der Waals surface area contributed by atoms with Gasteiger partial charge in [-0.3, -0.25) is 4.55 Å². The van der Waals surface area contributed by atoms with Crippen LogP contribution in [0.3, 0.4) is 0 Å². The highest BCUT2D eigenvalue weighted by atomic mass is 32.2. The number of rotatable bonds is 1. The number of benzene rings is 1. The lowest BCUT2D eigenvalue weighted by Gasteiger charge is -1.87. The van der Waals surface area contributed by atoms with Crippen LogP contribution in [-0.2, 0) is 10.1 Å². The van der Waals surface area contributed by atoms with Crippen molar-refractivity contribution in [1.82, 2.24) is 0 Å². The fourth-order valence-corrected chi connectivity index (χ4v) is 1.59. The van der Waals surface area contributed by atoms with Crippen LogP contribution in [0, 0.1) is 5.82 Å². The monoisotopic (exact) mass is 216 g/mol. The first kappa shape index (κ1) is 9.17. The molecule has 1 aromatic carbocycles. The molecule has 2 rings (SSSR count). The second-order valence-corrected chi connectivity index (χ2v) is 4.08. The summed E-state index contributed by atoms with van der Waals surface area (Å²) in [5, 5.41) is -0.296. The minimum atomic E-state index is -4.37. The van der Waals surface area contributed by atoms with E-state index >= 15 is 0 Å². The lowest BCUT2D eigenvalue weighted by Crippen LogP contribution is -1.94. The second kappa shape index (κ2) is 2.79. The summed E-state index contributed by atoms with van der Waals surface area (Å²) in [6.07, 6.45) is 0. The summed E-state index contributed by atoms with van der Waals surface area (Å²) in [7, 11) is -4.37. The molecule has 0 fully saturated rings. The van der Waals surface area contributed by atoms with Gasteiger partial charge in [0, 0.05) is 11.5 Å². The van der Waals surface area contributed by atoms with Gasteiger partial charge in [-0.15, -0.1) is 0 Å². The van der Waals surface area contributed by atoms with Crippen LogP contribution >= 0.6 is 0 Å². The van der Waals surface area contributed by atoms with E-state index in [1.54, 1.807) is 0 Å². The van der Waals surface area contributed by atoms with E-state index in [9.17, 15) is 12.8 Å². The fraction of sp³-hybridized carbons (Fsp3) is 0. The van der Waals surface area contributed by atoms with Gasteiger partial charge in [-0.05, 0) is 18.2 Å². The van der Waals surface area contributed by atoms with E-state index in [0.717, 1.165) is 18.2 Å². The molecule has 0 aliphatic heterocycles. The maximum Gasteiger partial charge on any atom is 0.328 e. The van der Waals surface area contributed by atoms with Crippen molar-refractivity contribution in [3.63, 3.8) is 0 Å². The van der Waals surface area contributed by atoms with Gasteiger partial charge in [-0.1, -0.05) is 0 Å². The molecule has 1 N–H and O–H groups in total. The Bertz CT molecular complexity index is 584. The zero-order valence-corrected chi connectivity index (χ0v) is 7.58. The van der Waals surface area contributed by atoms with E-state index in [2.05, 4.69) is 0 Å². The number of furan rings is 1. The fourth-order valence-electron chi connectivity index (χ4n) is 1.12. The lowest BCUT2D eigenvalue weighted by atomic mass is 10.2. The van der Waals surface area contributed by atoms with E-state index in [4.69, 9.17) is 8.97 Å². The van der Waals surface area contributed by atoms with E-state index < -0.39 is 21.0 Å². The van der Waals surface area contributed by atoms with Gasteiger partial charge in [0.1, 0.15) is 11.4 Å². The normalized spacial score (nSPS) is 12.1. The second-order valence-electron chi connectivity index (χ2n) is 2.72. The molecule has 6 heteroatoms. The quantitative estimate of drug-likeness (QED) is 0.738. The van der Waals surface area contributed by atoms with Gasteiger partial charge in [-0.2, -0.15) is 8.42 Å². The van der Waals surface area contributed by atoms with E-state index in [0.29, 0.717) is 0 Å². The van der Waals surface area contributed by atoms with Crippen molar-refractivity contribution in [2.24, 2.45) is 0 Å². The van der Waals surface area contributed by atoms with Gasteiger partial charge in [0.2, 0.25) is 5.09 Å². The molecule has 0 aliphatic carbocycles. The Morgan fingerprint density at radius 2 is 2.00 bits per heavy atom. The van der Waals surface area contributed by atoms with Crippen molar-refractivity contribution in [3.8, 4) is 0 Å². The molecular formula is C8H5FO4S. The predicted octanol–water partition coefficient (Wildman–Crippen LogP) is 1.82. The van der Waals surface area contributed by atoms with Gasteiger partial charge >= 0.3 is 10.1 Å². The Morgan fingerprint density at radius 1 is 1.29 bits per heavy atom. The van der Waals surface area contributed by atoms with Crippen LogP contribution in [0.4, 0.5) is 4.39 Å². The third-order valence-electron chi connectivity index (χ3n) is 1.71. The highest BCUT2D eigenvalue weighted by Crippen LogP contribution is 2.22. The molecule has 1 heterocycles. The Labute approximate surface area is 78.7 Å². The molecule has 4 nitrogen and oxygen atoms in total. The first-order valence-electron chi connectivity index (χ1n) is 3.63. The van der Waals surface area contributed by atoms with E-state index in [1.165, 1.54) is 6.07 Å². The number of fused-ring (bicyclic) bond motifs is 1. The molecule has 0 bridgehead atoms. The van der Waals surface area contributed by atoms with Gasteiger partial charge in [0.15, 0.2) is 0 Å². The summed E-state index contributed by atoms with van der Waals surface area (Å²) in [5.74, 6) is -0.500. The van der Waals surface area contributed by atoms with Crippen molar-refractivity contribution in [2.75, 3.05) is 0 Å². The molecule has 0 amide bonds. The van der Waals surface area contributed by atoms with E-state index in [-0.39, 0.29) is 11.0 Å². The number of hydrogen-bond acceptors (Lipinski definition) is 3. The van der Waals surface area contributed by atoms with Gasteiger partial charge < -0.3 is 4.42 Å². The first-order chi connectivity index (χ1) is 6.47. The average molecular weight is 216 g/mol. The van der Waals surface area contributed by atoms with Crippen molar-refractivity contribution in [3.05, 3.63) is 30.1 Å². The molecule has 2 aromatic rings. The van der Waals surface area contributed by atoms with Crippen molar-refractivity contribution in [2.45, 2.75) is 5.09 Å². The largest absolute Gasteiger partial charge is 0.442 e. The molecule has 0 spiro atoms. The van der Waals surface area contributed by atoms with E-state index in [1.807, 2.05) is 0 Å². The van der Waals surface area contributed by atoms with Crippen LogP contribution in [-0.4, -0.2) is 13.0 Å². The maximum atomic E-state index is 12.7. The highest BCUT2D eigenvalue weighted by molar-refractivity contribution is 7.85.